The van der Waals surface area contributed by atoms with E-state index in [0.29, 0.717) is 18.7 Å². The van der Waals surface area contributed by atoms with Gasteiger partial charge >= 0.3 is 6.16 Å². The number of aromatic nitrogens is 1. The topological polar surface area (TPSA) is 150 Å². The molecule has 2 amide bonds. The molecule has 0 fully saturated rings. The normalized spacial score (nSPS) is 10.8. The van der Waals surface area contributed by atoms with Gasteiger partial charge in [-0.25, -0.2) is 22.9 Å². The van der Waals surface area contributed by atoms with E-state index in [4.69, 9.17) is 14.2 Å². The van der Waals surface area contributed by atoms with Crippen LogP contribution in [0.4, 0.5) is 4.79 Å². The van der Waals surface area contributed by atoms with Gasteiger partial charge in [0.15, 0.2) is 0 Å². The minimum Gasteiger partial charge on any atom is -0.497 e. The number of rotatable bonds is 12. The highest BCUT2D eigenvalue weighted by Gasteiger charge is 2.19. The fraction of sp³-hybridized carbons (Fsp3) is 0.161. The number of pyridine rings is 1. The third-order valence-electron chi connectivity index (χ3n) is 6.11. The molecule has 0 radical (unpaired) electrons. The van der Waals surface area contributed by atoms with Crippen molar-refractivity contribution in [2.24, 2.45) is 0 Å². The fourth-order valence-electron chi connectivity index (χ4n) is 3.82. The highest BCUT2D eigenvalue weighted by atomic mass is 32.2. The van der Waals surface area contributed by atoms with Crippen molar-refractivity contribution in [2.75, 3.05) is 13.7 Å². The molecule has 43 heavy (non-hydrogen) atoms. The van der Waals surface area contributed by atoms with Gasteiger partial charge in [-0.2, -0.15) is 0 Å². The molecule has 1 aromatic heterocycles. The lowest BCUT2D eigenvalue weighted by molar-refractivity contribution is -0.120. The number of benzene rings is 3. The van der Waals surface area contributed by atoms with Gasteiger partial charge in [0, 0.05) is 18.8 Å². The molecule has 11 nitrogen and oxygen atoms in total. The SMILES string of the molecule is COc1ccc(COC(=O)Oc2ccc(C(=O)NS(=O)(=O)c3ccc(CCNC(=O)Cc4ccccc4)cc3)cn2)cc1. The maximum absolute atomic E-state index is 12.7. The summed E-state index contributed by atoms with van der Waals surface area (Å²) in [5.74, 6) is -0.483. The summed E-state index contributed by atoms with van der Waals surface area (Å²) in [5, 5.41) is 2.84. The Kier molecular flexibility index (Phi) is 10.4. The van der Waals surface area contributed by atoms with Gasteiger partial charge in [0.25, 0.3) is 15.9 Å². The lowest BCUT2D eigenvalue weighted by Gasteiger charge is -2.09. The highest BCUT2D eigenvalue weighted by Crippen LogP contribution is 2.15. The third kappa shape index (κ3) is 9.40. The Morgan fingerprint density at radius 1 is 0.814 bits per heavy atom. The van der Waals surface area contributed by atoms with Crippen LogP contribution >= 0.6 is 0 Å². The first kappa shape index (κ1) is 30.7. The van der Waals surface area contributed by atoms with Crippen LogP contribution in [0, 0.1) is 0 Å². The molecule has 2 N–H and O–H groups in total. The minimum absolute atomic E-state index is 0.0343. The summed E-state index contributed by atoms with van der Waals surface area (Å²) in [6.45, 7) is 0.356. The molecule has 0 spiro atoms. The van der Waals surface area contributed by atoms with Gasteiger partial charge in [-0.15, -0.1) is 0 Å². The maximum atomic E-state index is 12.7. The largest absolute Gasteiger partial charge is 0.515 e. The van der Waals surface area contributed by atoms with E-state index in [1.165, 1.54) is 24.3 Å². The summed E-state index contributed by atoms with van der Waals surface area (Å²) >= 11 is 0. The second-order valence-electron chi connectivity index (χ2n) is 9.21. The van der Waals surface area contributed by atoms with E-state index in [9.17, 15) is 22.8 Å². The molecule has 0 saturated carbocycles. The van der Waals surface area contributed by atoms with Crippen LogP contribution in [0.25, 0.3) is 0 Å². The number of nitrogens with one attached hydrogen (secondary N) is 2. The molecule has 0 atom stereocenters. The van der Waals surface area contributed by atoms with Crippen molar-refractivity contribution < 1.29 is 37.0 Å². The van der Waals surface area contributed by atoms with Gasteiger partial charge in [0.1, 0.15) is 12.4 Å². The monoisotopic (exact) mass is 603 g/mol. The van der Waals surface area contributed by atoms with E-state index in [2.05, 4.69) is 10.3 Å². The molecular weight excluding hydrogens is 574 g/mol. The number of amides is 2. The summed E-state index contributed by atoms with van der Waals surface area (Å²) in [6, 6.07) is 24.8. The van der Waals surface area contributed by atoms with Crippen LogP contribution in [0.3, 0.4) is 0 Å². The molecule has 0 unspecified atom stereocenters. The van der Waals surface area contributed by atoms with E-state index < -0.39 is 22.1 Å². The number of carbonyl (C=O) groups excluding carboxylic acids is 3. The summed E-state index contributed by atoms with van der Waals surface area (Å²) in [6.07, 6.45) is 0.858. The zero-order valence-electron chi connectivity index (χ0n) is 23.2. The Morgan fingerprint density at radius 2 is 1.51 bits per heavy atom. The van der Waals surface area contributed by atoms with E-state index in [-0.39, 0.29) is 35.3 Å². The number of sulfonamides is 1. The van der Waals surface area contributed by atoms with E-state index in [1.807, 2.05) is 35.1 Å². The molecule has 4 aromatic rings. The Labute approximate surface area is 248 Å². The lowest BCUT2D eigenvalue weighted by atomic mass is 10.1. The number of hydrogen-bond donors (Lipinski definition) is 2. The molecule has 0 aliphatic heterocycles. The Hall–Kier alpha value is -5.23. The first-order chi connectivity index (χ1) is 20.7. The van der Waals surface area contributed by atoms with Gasteiger partial charge in [0.2, 0.25) is 11.8 Å². The van der Waals surface area contributed by atoms with Crippen LogP contribution in [0.2, 0.25) is 0 Å². The van der Waals surface area contributed by atoms with Crippen LogP contribution in [-0.4, -0.2) is 45.0 Å². The lowest BCUT2D eigenvalue weighted by Crippen LogP contribution is -2.30. The fourth-order valence-corrected chi connectivity index (χ4v) is 4.79. The van der Waals surface area contributed by atoms with Crippen LogP contribution in [-0.2, 0) is 39.0 Å². The molecule has 1 heterocycles. The van der Waals surface area contributed by atoms with Gasteiger partial charge in [-0.1, -0.05) is 54.6 Å². The van der Waals surface area contributed by atoms with Gasteiger partial charge in [0.05, 0.1) is 24.0 Å². The quantitative estimate of drug-likeness (QED) is 0.230. The predicted octanol–water partition coefficient (Wildman–Crippen LogP) is 3.83. The van der Waals surface area contributed by atoms with Crippen molar-refractivity contribution >= 4 is 28.0 Å². The molecule has 222 valence electrons. The van der Waals surface area contributed by atoms with E-state index >= 15 is 0 Å². The summed E-state index contributed by atoms with van der Waals surface area (Å²) in [5.41, 5.74) is 2.38. The van der Waals surface area contributed by atoms with Gasteiger partial charge < -0.3 is 19.5 Å². The molecule has 0 aliphatic carbocycles. The Bertz CT molecular complexity index is 1640. The third-order valence-corrected chi connectivity index (χ3v) is 7.45. The maximum Gasteiger partial charge on any atom is 0.515 e. The molecule has 12 heteroatoms. The number of hydrogen-bond acceptors (Lipinski definition) is 9. The predicted molar refractivity (Wildman–Crippen MR) is 156 cm³/mol. The zero-order valence-corrected chi connectivity index (χ0v) is 24.0. The van der Waals surface area contributed by atoms with Crippen molar-refractivity contribution in [2.45, 2.75) is 24.3 Å². The summed E-state index contributed by atoms with van der Waals surface area (Å²) in [7, 11) is -2.63. The minimum atomic E-state index is -4.17. The molecule has 3 aromatic carbocycles. The first-order valence-electron chi connectivity index (χ1n) is 13.1. The van der Waals surface area contributed by atoms with Crippen molar-refractivity contribution in [3.05, 3.63) is 119 Å². The molecule has 0 bridgehead atoms. The molecule has 0 aliphatic rings. The van der Waals surface area contributed by atoms with Crippen molar-refractivity contribution in [1.82, 2.24) is 15.0 Å². The van der Waals surface area contributed by atoms with Crippen LogP contribution in [0.5, 0.6) is 11.6 Å². The Morgan fingerprint density at radius 3 is 2.16 bits per heavy atom. The second kappa shape index (κ2) is 14.6. The average Bonchev–Trinajstić information content (AvgIpc) is 3.01. The molecule has 0 saturated heterocycles. The second-order valence-corrected chi connectivity index (χ2v) is 10.9. The van der Waals surface area contributed by atoms with Crippen LogP contribution in [0.15, 0.2) is 102 Å². The zero-order chi connectivity index (χ0) is 30.7. The van der Waals surface area contributed by atoms with Gasteiger partial charge in [-0.3, -0.25) is 9.59 Å². The number of carbonyl (C=O) groups is 3. The molecular formula is C31H29N3O8S. The van der Waals surface area contributed by atoms with Crippen LogP contribution in [0.1, 0.15) is 27.0 Å². The van der Waals surface area contributed by atoms with Crippen molar-refractivity contribution in [3.8, 4) is 11.6 Å². The van der Waals surface area contributed by atoms with Crippen molar-refractivity contribution in [3.63, 3.8) is 0 Å². The number of nitrogens with zero attached hydrogens (tertiary/aromatic N) is 1. The summed E-state index contributed by atoms with van der Waals surface area (Å²) in [4.78, 5) is 40.4. The summed E-state index contributed by atoms with van der Waals surface area (Å²) < 4.78 is 42.6. The number of ether oxygens (including phenoxy) is 3. The molecule has 4 rings (SSSR count). The van der Waals surface area contributed by atoms with Gasteiger partial charge in [-0.05, 0) is 53.4 Å². The average molecular weight is 604 g/mol. The van der Waals surface area contributed by atoms with E-state index in [1.54, 1.807) is 43.5 Å². The van der Waals surface area contributed by atoms with E-state index in [0.717, 1.165) is 22.9 Å². The Balaban J connectivity index is 1.23. The number of methoxy groups -OCH3 is 1. The highest BCUT2D eigenvalue weighted by molar-refractivity contribution is 7.90. The van der Waals surface area contributed by atoms with Crippen LogP contribution < -0.4 is 19.5 Å². The first-order valence-corrected chi connectivity index (χ1v) is 14.6. The van der Waals surface area contributed by atoms with Crippen molar-refractivity contribution in [1.29, 1.82) is 0 Å². The standard InChI is InChI=1S/C31H29N3O8S/c1-40-26-12-7-24(8-13-26)21-41-31(37)42-29-16-11-25(20-33-29)30(36)34-43(38,39)27-14-9-22(10-15-27)17-18-32-28(35)19-23-5-3-2-4-6-23/h2-16,20H,17-19,21H2,1H3,(H,32,35)(H,34,36). The smallest absolute Gasteiger partial charge is 0.497 e.